The highest BCUT2D eigenvalue weighted by molar-refractivity contribution is 7.99. The van der Waals surface area contributed by atoms with Crippen molar-refractivity contribution < 1.29 is 13.6 Å². The van der Waals surface area contributed by atoms with Crippen molar-refractivity contribution in [2.75, 3.05) is 36.8 Å². The fourth-order valence-electron chi connectivity index (χ4n) is 7.64. The molecular weight excluding hydrogens is 651 g/mol. The molecule has 2 aromatic carbocycles. The molecular formula is C34H37Cl2F2N5O2S. The van der Waals surface area contributed by atoms with Gasteiger partial charge in [0.05, 0.1) is 15.6 Å². The average molecular weight is 689 g/mol. The van der Waals surface area contributed by atoms with E-state index in [4.69, 9.17) is 28.2 Å². The summed E-state index contributed by atoms with van der Waals surface area (Å²) in [6.07, 6.45) is 6.97. The lowest BCUT2D eigenvalue weighted by molar-refractivity contribution is -0.128. The van der Waals surface area contributed by atoms with Gasteiger partial charge in [0.25, 0.3) is 0 Å². The number of piperazine rings is 1. The number of thioether (sulfide) groups is 1. The van der Waals surface area contributed by atoms with Crippen LogP contribution in [0.3, 0.4) is 0 Å². The quantitative estimate of drug-likeness (QED) is 0.202. The number of hydrogen-bond acceptors (Lipinski definition) is 6. The predicted molar refractivity (Wildman–Crippen MR) is 181 cm³/mol. The number of likely N-dealkylation sites (tertiary alicyclic amines) is 1. The van der Waals surface area contributed by atoms with Crippen LogP contribution >= 0.6 is 35.0 Å². The van der Waals surface area contributed by atoms with Gasteiger partial charge >= 0.3 is 5.69 Å². The third-order valence-electron chi connectivity index (χ3n) is 10.2. The molecule has 1 aliphatic carbocycles. The van der Waals surface area contributed by atoms with Crippen molar-refractivity contribution in [2.45, 2.75) is 75.0 Å². The highest BCUT2D eigenvalue weighted by Crippen LogP contribution is 2.50. The second kappa shape index (κ2) is 12.4. The lowest BCUT2D eigenvalue weighted by atomic mass is 9.90. The number of piperidine rings is 1. The molecule has 1 amide bonds. The number of anilines is 1. The van der Waals surface area contributed by atoms with Crippen LogP contribution in [0.25, 0.3) is 22.0 Å². The minimum Gasteiger partial charge on any atom is -0.349 e. The van der Waals surface area contributed by atoms with E-state index in [2.05, 4.69) is 16.4 Å². The summed E-state index contributed by atoms with van der Waals surface area (Å²) in [7, 11) is 0. The molecule has 2 saturated heterocycles. The number of rotatable bonds is 6. The van der Waals surface area contributed by atoms with Crippen LogP contribution in [0.4, 0.5) is 14.6 Å². The van der Waals surface area contributed by atoms with E-state index in [9.17, 15) is 14.0 Å². The number of halogens is 4. The lowest BCUT2D eigenvalue weighted by Gasteiger charge is -2.45. The lowest BCUT2D eigenvalue weighted by Crippen LogP contribution is -2.58. The maximum Gasteiger partial charge on any atom is 0.350 e. The Kier molecular flexibility index (Phi) is 8.61. The van der Waals surface area contributed by atoms with E-state index in [-0.39, 0.29) is 45.3 Å². The van der Waals surface area contributed by atoms with Crippen molar-refractivity contribution in [3.8, 4) is 11.1 Å². The van der Waals surface area contributed by atoms with Crippen LogP contribution in [0, 0.1) is 17.6 Å². The molecule has 3 aliphatic heterocycles. The summed E-state index contributed by atoms with van der Waals surface area (Å²) >= 11 is 14.7. The van der Waals surface area contributed by atoms with Crippen LogP contribution in [0.2, 0.25) is 10.0 Å². The molecule has 46 heavy (non-hydrogen) atoms. The molecule has 0 radical (unpaired) electrons. The van der Waals surface area contributed by atoms with Gasteiger partial charge in [-0.2, -0.15) is 4.98 Å². The molecule has 1 aromatic heterocycles. The van der Waals surface area contributed by atoms with Crippen molar-refractivity contribution in [2.24, 2.45) is 5.92 Å². The largest absolute Gasteiger partial charge is 0.350 e. The Morgan fingerprint density at radius 3 is 2.48 bits per heavy atom. The second-order valence-electron chi connectivity index (χ2n) is 13.2. The number of nitrogens with zero attached hydrogens (tertiary/aromatic N) is 5. The first-order chi connectivity index (χ1) is 22.0. The zero-order valence-corrected chi connectivity index (χ0v) is 28.3. The molecule has 7 rings (SSSR count). The minimum absolute atomic E-state index is 0.0857. The third kappa shape index (κ3) is 5.63. The Labute approximate surface area is 281 Å². The SMILES string of the molecule is C=CC(=O)N1C[C@H](C)N(c2nc(=O)n3c4c(c(-c5cc(Cl)c(F)cc5F)c(Cl)cc24)SC[C@@H]3CC2CCN(C3CC3)CC2)C[C@H]1C. The number of amides is 1. The highest BCUT2D eigenvalue weighted by atomic mass is 35.5. The standard InChI is InChI=1S/C34H37Cl2F2N5O2S/c1-4-29(44)41-15-19(3)42(16-18(41)2)33-24-13-26(36)30(23-12-25(35)28(38)14-27(23)37)32-31(24)43(34(45)39-33)22(17-46-32)11-20-7-9-40(10-8-20)21-5-6-21/h4,12-14,18-22H,1,5-11,15-17H2,2-3H3/t18-,19+,22+/m1/s1. The Hall–Kier alpha value is -2.66. The van der Waals surface area contributed by atoms with E-state index < -0.39 is 11.6 Å². The van der Waals surface area contributed by atoms with Crippen molar-refractivity contribution >= 4 is 57.6 Å². The number of benzene rings is 2. The van der Waals surface area contributed by atoms with Crippen LogP contribution in [0.5, 0.6) is 0 Å². The summed E-state index contributed by atoms with van der Waals surface area (Å²) in [4.78, 5) is 38.5. The van der Waals surface area contributed by atoms with Crippen LogP contribution < -0.4 is 10.6 Å². The third-order valence-corrected chi connectivity index (χ3v) is 12.0. The molecule has 1 saturated carbocycles. The maximum atomic E-state index is 15.4. The van der Waals surface area contributed by atoms with E-state index in [1.165, 1.54) is 25.0 Å². The summed E-state index contributed by atoms with van der Waals surface area (Å²) in [5.74, 6) is -0.190. The molecule has 4 heterocycles. The number of carbonyl (C=O) groups excluding carboxylic acids is 1. The van der Waals surface area contributed by atoms with Crippen molar-refractivity contribution in [1.82, 2.24) is 19.4 Å². The van der Waals surface area contributed by atoms with E-state index in [0.29, 0.717) is 51.9 Å². The van der Waals surface area contributed by atoms with Crippen molar-refractivity contribution in [3.63, 3.8) is 0 Å². The molecule has 7 nitrogen and oxygen atoms in total. The molecule has 3 aromatic rings. The Morgan fingerprint density at radius 2 is 1.78 bits per heavy atom. The van der Waals surface area contributed by atoms with Gasteiger partial charge in [-0.25, -0.2) is 13.6 Å². The first-order valence-corrected chi connectivity index (χ1v) is 17.8. The van der Waals surface area contributed by atoms with Gasteiger partial charge in [0.1, 0.15) is 17.5 Å². The first-order valence-electron chi connectivity index (χ1n) is 16.1. The van der Waals surface area contributed by atoms with Crippen LogP contribution in [-0.2, 0) is 4.79 Å². The van der Waals surface area contributed by atoms with E-state index in [1.54, 1.807) is 27.3 Å². The summed E-state index contributed by atoms with van der Waals surface area (Å²) in [5.41, 5.74) is 0.778. The minimum atomic E-state index is -0.852. The summed E-state index contributed by atoms with van der Waals surface area (Å²) in [6, 6.07) is 4.14. The summed E-state index contributed by atoms with van der Waals surface area (Å²) in [5, 5.41) is 0.746. The number of aromatic nitrogens is 2. The summed E-state index contributed by atoms with van der Waals surface area (Å²) < 4.78 is 31.4. The molecule has 3 fully saturated rings. The normalized spacial score (nSPS) is 24.1. The molecule has 244 valence electrons. The van der Waals surface area contributed by atoms with Gasteiger partial charge < -0.3 is 14.7 Å². The maximum absolute atomic E-state index is 15.4. The molecule has 0 bridgehead atoms. The Morgan fingerprint density at radius 1 is 1.04 bits per heavy atom. The van der Waals surface area contributed by atoms with Gasteiger partial charge in [-0.15, -0.1) is 11.8 Å². The first kappa shape index (κ1) is 31.9. The molecule has 0 spiro atoms. The highest BCUT2D eigenvalue weighted by Gasteiger charge is 2.38. The van der Waals surface area contributed by atoms with Crippen LogP contribution in [0.15, 0.2) is 40.5 Å². The van der Waals surface area contributed by atoms with Crippen molar-refractivity contribution in [3.05, 3.63) is 63.0 Å². The Bertz CT molecular complexity index is 1790. The molecule has 0 N–H and O–H groups in total. The molecule has 0 unspecified atom stereocenters. The zero-order valence-electron chi connectivity index (χ0n) is 25.9. The number of hydrogen-bond donors (Lipinski definition) is 0. The van der Waals surface area contributed by atoms with Gasteiger partial charge in [0.2, 0.25) is 5.91 Å². The van der Waals surface area contributed by atoms with Crippen LogP contribution in [-0.4, -0.2) is 75.3 Å². The van der Waals surface area contributed by atoms with Crippen molar-refractivity contribution in [1.29, 1.82) is 0 Å². The fraction of sp³-hybridized carbons (Fsp3) is 0.500. The smallest absolute Gasteiger partial charge is 0.349 e. The topological polar surface area (TPSA) is 61.7 Å². The Balaban J connectivity index is 1.36. The van der Waals surface area contributed by atoms with Gasteiger partial charge in [0.15, 0.2) is 0 Å². The van der Waals surface area contributed by atoms with Crippen LogP contribution in [0.1, 0.15) is 52.0 Å². The van der Waals surface area contributed by atoms with E-state index in [0.717, 1.165) is 44.5 Å². The van der Waals surface area contributed by atoms with Gasteiger partial charge in [-0.05, 0) is 83.2 Å². The molecule has 4 aliphatic rings. The van der Waals surface area contributed by atoms with Gasteiger partial charge in [-0.3, -0.25) is 9.36 Å². The van der Waals surface area contributed by atoms with E-state index in [1.807, 2.05) is 13.8 Å². The molecule has 12 heteroatoms. The zero-order chi connectivity index (χ0) is 32.4. The van der Waals surface area contributed by atoms with Gasteiger partial charge in [-0.1, -0.05) is 29.8 Å². The average Bonchev–Trinajstić information content (AvgIpc) is 3.88. The van der Waals surface area contributed by atoms with E-state index >= 15 is 4.39 Å². The predicted octanol–water partition coefficient (Wildman–Crippen LogP) is 7.17. The summed E-state index contributed by atoms with van der Waals surface area (Å²) in [6.45, 7) is 10.7. The number of carbonyl (C=O) groups is 1. The second-order valence-corrected chi connectivity index (χ2v) is 15.1. The monoisotopic (exact) mass is 687 g/mol. The fourth-order valence-corrected chi connectivity index (χ4v) is 9.52. The van der Waals surface area contributed by atoms with Gasteiger partial charge in [0, 0.05) is 70.5 Å². The molecule has 3 atom stereocenters.